The molecule has 2 aromatic carbocycles. The number of hydrogen-bond donors (Lipinski definition) is 1. The van der Waals surface area contributed by atoms with Gasteiger partial charge in [0.25, 0.3) is 5.91 Å². The van der Waals surface area contributed by atoms with Crippen molar-refractivity contribution in [2.75, 3.05) is 51.3 Å². The van der Waals surface area contributed by atoms with E-state index in [9.17, 15) is 14.0 Å². The fraction of sp³-hybridized carbons (Fsp3) is 0.300. The molecule has 1 N–H and O–H groups in total. The summed E-state index contributed by atoms with van der Waals surface area (Å²) in [6.45, 7) is 6.78. The number of carbonyl (C=O) groups is 2. The third-order valence-corrected chi connectivity index (χ3v) is 10.3. The maximum atomic E-state index is 16.8. The smallest absolute Gasteiger partial charge is 0.270 e. The Balaban J connectivity index is 1.11. The molecular weight excluding hydrogens is 707 g/mol. The number of aromatic amines is 1. The molecule has 2 aliphatic heterocycles. The number of methoxy groups -OCH3 is 1. The van der Waals surface area contributed by atoms with Crippen LogP contribution in [-0.2, 0) is 11.3 Å². The minimum Gasteiger partial charge on any atom is -0.493 e. The number of ether oxygens (including phenoxy) is 1. The average molecular weight is 747 g/mol. The number of hydrogen-bond acceptors (Lipinski definition) is 8. The van der Waals surface area contributed by atoms with Crippen LogP contribution in [0.2, 0.25) is 0 Å². The monoisotopic (exact) mass is 746 g/mol. The minimum atomic E-state index is -0.494. The van der Waals surface area contributed by atoms with Gasteiger partial charge in [0, 0.05) is 74.6 Å². The molecule has 15 heteroatoms. The molecule has 4 aromatic heterocycles. The van der Waals surface area contributed by atoms with E-state index in [1.165, 1.54) is 13.2 Å². The molecule has 1 saturated heterocycles. The number of nitrogens with zero attached hydrogens (tertiary/aromatic N) is 9. The van der Waals surface area contributed by atoms with Crippen LogP contribution in [0.1, 0.15) is 40.3 Å². The van der Waals surface area contributed by atoms with Crippen molar-refractivity contribution in [3.8, 4) is 22.6 Å². The van der Waals surface area contributed by atoms with Gasteiger partial charge in [0.15, 0.2) is 17.4 Å². The Morgan fingerprint density at radius 1 is 0.945 bits per heavy atom. The lowest BCUT2D eigenvalue weighted by atomic mass is 9.93. The van der Waals surface area contributed by atoms with Gasteiger partial charge in [-0.1, -0.05) is 23.4 Å². The number of pyridine rings is 1. The third kappa shape index (κ3) is 7.04. The van der Waals surface area contributed by atoms with Crippen molar-refractivity contribution in [1.82, 2.24) is 44.5 Å². The summed E-state index contributed by atoms with van der Waals surface area (Å²) in [6, 6.07) is 14.8. The molecule has 13 nitrogen and oxygen atoms in total. The molecule has 6 aromatic rings. The number of benzene rings is 2. The van der Waals surface area contributed by atoms with Gasteiger partial charge in [-0.05, 0) is 67.3 Å². The van der Waals surface area contributed by atoms with Gasteiger partial charge in [0.05, 0.1) is 42.9 Å². The first-order valence-electron chi connectivity index (χ1n) is 18.2. The Bertz CT molecular complexity index is 2410. The number of rotatable bonds is 9. The normalized spacial score (nSPS) is 14.8. The Kier molecular flexibility index (Phi) is 9.59. The predicted molar refractivity (Wildman–Crippen MR) is 203 cm³/mol. The maximum Gasteiger partial charge on any atom is 0.270 e. The number of nitrogens with one attached hydrogen (secondary N) is 1. The fourth-order valence-corrected chi connectivity index (χ4v) is 7.49. The zero-order chi connectivity index (χ0) is 38.2. The number of amides is 2. The Hall–Kier alpha value is -6.38. The summed E-state index contributed by atoms with van der Waals surface area (Å²) >= 11 is 0. The second kappa shape index (κ2) is 14.8. The predicted octanol–water partition coefficient (Wildman–Crippen LogP) is 5.58. The van der Waals surface area contributed by atoms with Gasteiger partial charge in [0.2, 0.25) is 5.91 Å². The second-order valence-corrected chi connectivity index (χ2v) is 13.9. The van der Waals surface area contributed by atoms with Gasteiger partial charge in [-0.25, -0.2) is 18.4 Å². The molecule has 2 aliphatic rings. The van der Waals surface area contributed by atoms with Crippen LogP contribution in [0.5, 0.6) is 5.75 Å². The summed E-state index contributed by atoms with van der Waals surface area (Å²) in [5.41, 5.74) is 5.93. The number of H-pyrrole nitrogens is 1. The topological polar surface area (TPSA) is 130 Å². The lowest BCUT2D eigenvalue weighted by Crippen LogP contribution is -2.49. The first-order valence-corrected chi connectivity index (χ1v) is 18.2. The zero-order valence-corrected chi connectivity index (χ0v) is 30.8. The summed E-state index contributed by atoms with van der Waals surface area (Å²) < 4.78 is 39.5. The van der Waals surface area contributed by atoms with Crippen molar-refractivity contribution in [2.24, 2.45) is 0 Å². The highest BCUT2D eigenvalue weighted by atomic mass is 19.1. The van der Waals surface area contributed by atoms with E-state index < -0.39 is 11.6 Å². The van der Waals surface area contributed by atoms with Gasteiger partial charge in [-0.2, -0.15) is 5.10 Å². The lowest BCUT2D eigenvalue weighted by molar-refractivity contribution is -0.131. The van der Waals surface area contributed by atoms with E-state index in [1.807, 2.05) is 65.9 Å². The molecule has 2 amide bonds. The Morgan fingerprint density at radius 3 is 2.45 bits per heavy atom. The number of anilines is 1. The molecule has 0 aliphatic carbocycles. The van der Waals surface area contributed by atoms with Crippen molar-refractivity contribution >= 4 is 34.1 Å². The summed E-state index contributed by atoms with van der Waals surface area (Å²) in [5.74, 6) is -0.458. The molecule has 0 saturated carbocycles. The molecule has 6 heterocycles. The largest absolute Gasteiger partial charge is 0.493 e. The van der Waals surface area contributed by atoms with Crippen LogP contribution >= 0.6 is 0 Å². The van der Waals surface area contributed by atoms with Crippen LogP contribution < -0.4 is 9.64 Å². The second-order valence-electron chi connectivity index (χ2n) is 13.9. The van der Waals surface area contributed by atoms with Gasteiger partial charge in [-0.15, -0.1) is 5.10 Å². The number of piperazine rings is 1. The standard InChI is InChI=1S/C40H40F2N10O3/c1-25-19-26(2)52(46-25)30-8-6-27(7-9-30)31-21-32(28-5-4-12-50(24-28)36(53)10-13-51-14-11-44-47-51)37(42)38-33(31)22-34(45-38)40(54)49-17-15-48(16-18-49)39-35(55-3)20-29(41)23-43-39/h5-9,11,14,19-23,45H,4,10,12-13,15-18,24H2,1-3H3. The molecule has 0 bridgehead atoms. The van der Waals surface area contributed by atoms with Crippen molar-refractivity contribution in [3.05, 3.63) is 107 Å². The van der Waals surface area contributed by atoms with Crippen LogP contribution in [-0.4, -0.2) is 103 Å². The molecule has 0 atom stereocenters. The van der Waals surface area contributed by atoms with Gasteiger partial charge in [0.1, 0.15) is 11.5 Å². The highest BCUT2D eigenvalue weighted by Gasteiger charge is 2.28. The highest BCUT2D eigenvalue weighted by molar-refractivity contribution is 6.04. The van der Waals surface area contributed by atoms with E-state index in [1.54, 1.807) is 32.9 Å². The van der Waals surface area contributed by atoms with Gasteiger partial charge in [-0.3, -0.25) is 14.3 Å². The number of halogens is 2. The molecular formula is C40H40F2N10O3. The number of aromatic nitrogens is 7. The minimum absolute atomic E-state index is 0.0518. The van der Waals surface area contributed by atoms with E-state index in [2.05, 4.69) is 25.4 Å². The molecule has 0 unspecified atom stereocenters. The molecule has 55 heavy (non-hydrogen) atoms. The quantitative estimate of drug-likeness (QED) is 0.203. The number of carbonyl (C=O) groups excluding carboxylic acids is 2. The molecule has 1 fully saturated rings. The molecule has 8 rings (SSSR count). The molecule has 282 valence electrons. The van der Waals surface area contributed by atoms with Crippen LogP contribution in [0.15, 0.2) is 73.2 Å². The summed E-state index contributed by atoms with van der Waals surface area (Å²) in [6.07, 6.45) is 7.24. The van der Waals surface area contributed by atoms with Crippen molar-refractivity contribution in [2.45, 2.75) is 33.2 Å². The van der Waals surface area contributed by atoms with Crippen molar-refractivity contribution in [3.63, 3.8) is 0 Å². The first kappa shape index (κ1) is 35.6. The van der Waals surface area contributed by atoms with Gasteiger partial charge >= 0.3 is 0 Å². The van der Waals surface area contributed by atoms with Crippen LogP contribution in [0.3, 0.4) is 0 Å². The zero-order valence-electron chi connectivity index (χ0n) is 30.8. The van der Waals surface area contributed by atoms with Crippen molar-refractivity contribution < 1.29 is 23.1 Å². The van der Waals surface area contributed by atoms with E-state index in [0.29, 0.717) is 73.8 Å². The van der Waals surface area contributed by atoms with Crippen LogP contribution in [0.4, 0.5) is 14.6 Å². The molecule has 0 radical (unpaired) electrons. The van der Waals surface area contributed by atoms with E-state index >= 15 is 4.39 Å². The van der Waals surface area contributed by atoms with Crippen LogP contribution in [0, 0.1) is 25.5 Å². The SMILES string of the molecule is COc1cc(F)cnc1N1CCN(C(=O)c2cc3c(-c4ccc(-n5nc(C)cc5C)cc4)cc(C4=CCCN(C(=O)CCn5ccnn5)C4)c(F)c3[nH]2)CC1. The fourth-order valence-electron chi connectivity index (χ4n) is 7.49. The summed E-state index contributed by atoms with van der Waals surface area (Å²) in [4.78, 5) is 40.1. The average Bonchev–Trinajstić information content (AvgIpc) is 3.98. The maximum absolute atomic E-state index is 16.8. The lowest BCUT2D eigenvalue weighted by Gasteiger charge is -2.35. The van der Waals surface area contributed by atoms with Crippen LogP contribution in [0.25, 0.3) is 33.3 Å². The van der Waals surface area contributed by atoms with Gasteiger partial charge < -0.3 is 24.4 Å². The molecule has 0 spiro atoms. The summed E-state index contributed by atoms with van der Waals surface area (Å²) in [7, 11) is 1.47. The Morgan fingerprint density at radius 2 is 1.75 bits per heavy atom. The Labute approximate surface area is 315 Å². The highest BCUT2D eigenvalue weighted by Crippen LogP contribution is 2.38. The van der Waals surface area contributed by atoms with E-state index in [0.717, 1.165) is 34.4 Å². The van der Waals surface area contributed by atoms with Crippen molar-refractivity contribution in [1.29, 1.82) is 0 Å². The third-order valence-electron chi connectivity index (χ3n) is 10.3. The van der Waals surface area contributed by atoms with E-state index in [-0.39, 0.29) is 36.0 Å². The first-order chi connectivity index (χ1) is 26.7. The number of aryl methyl sites for hydroxylation is 3. The number of fused-ring (bicyclic) bond motifs is 1. The van der Waals surface area contributed by atoms with E-state index in [4.69, 9.17) is 4.74 Å². The summed E-state index contributed by atoms with van der Waals surface area (Å²) in [5, 5.41) is 12.9.